The lowest BCUT2D eigenvalue weighted by Crippen LogP contribution is -2.38. The van der Waals surface area contributed by atoms with Crippen molar-refractivity contribution in [2.24, 2.45) is 0 Å². The van der Waals surface area contributed by atoms with Crippen molar-refractivity contribution < 1.29 is 23.1 Å². The molecular weight excluding hydrogens is 292 g/mol. The summed E-state index contributed by atoms with van der Waals surface area (Å²) in [6.45, 7) is -0.374. The zero-order valence-electron chi connectivity index (χ0n) is 10.2. The molecule has 0 aromatic carbocycles. The number of nitrogens with zero attached hydrogens (tertiary/aromatic N) is 1. The Morgan fingerprint density at radius 2 is 2.16 bits per heavy atom. The molecule has 1 aromatic heterocycles. The van der Waals surface area contributed by atoms with E-state index in [1.165, 1.54) is 13.1 Å². The quantitative estimate of drug-likeness (QED) is 0.735. The zero-order chi connectivity index (χ0) is 14.5. The summed E-state index contributed by atoms with van der Waals surface area (Å²) in [7, 11) is -2.36. The van der Waals surface area contributed by atoms with Gasteiger partial charge in [-0.15, -0.1) is 11.3 Å². The van der Waals surface area contributed by atoms with Crippen molar-refractivity contribution in [1.82, 2.24) is 9.62 Å². The van der Waals surface area contributed by atoms with Crippen LogP contribution < -0.4 is 5.32 Å². The largest absolute Gasteiger partial charge is 0.481 e. The van der Waals surface area contributed by atoms with Crippen molar-refractivity contribution in [2.75, 3.05) is 20.1 Å². The number of carbonyl (C=O) groups excluding carboxylic acids is 1. The summed E-state index contributed by atoms with van der Waals surface area (Å²) in [4.78, 5) is 21.7. The molecule has 19 heavy (non-hydrogen) atoms. The molecule has 0 radical (unpaired) electrons. The van der Waals surface area contributed by atoms with Crippen LogP contribution in [0.2, 0.25) is 0 Å². The maximum atomic E-state index is 12.0. The van der Waals surface area contributed by atoms with Crippen molar-refractivity contribution in [3.05, 3.63) is 17.5 Å². The summed E-state index contributed by atoms with van der Waals surface area (Å²) < 4.78 is 25.0. The normalized spacial score (nSPS) is 11.5. The van der Waals surface area contributed by atoms with Gasteiger partial charge >= 0.3 is 5.97 Å². The molecule has 0 atom stereocenters. The molecule has 9 heteroatoms. The van der Waals surface area contributed by atoms with E-state index in [0.717, 1.165) is 15.6 Å². The first-order valence-corrected chi connectivity index (χ1v) is 7.64. The molecule has 0 unspecified atom stereocenters. The van der Waals surface area contributed by atoms with Gasteiger partial charge in [0.15, 0.2) is 0 Å². The van der Waals surface area contributed by atoms with E-state index in [2.05, 4.69) is 5.32 Å². The van der Waals surface area contributed by atoms with Crippen molar-refractivity contribution in [3.63, 3.8) is 0 Å². The summed E-state index contributed by atoms with van der Waals surface area (Å²) in [5, 5.41) is 12.4. The fraction of sp³-hybridized carbons (Fsp3) is 0.400. The molecule has 0 aliphatic carbocycles. The van der Waals surface area contributed by atoms with Gasteiger partial charge in [-0.1, -0.05) is 6.07 Å². The third-order valence-corrected chi connectivity index (χ3v) is 5.36. The van der Waals surface area contributed by atoms with Gasteiger partial charge < -0.3 is 10.4 Å². The molecule has 0 aliphatic heterocycles. The molecule has 0 bridgehead atoms. The fourth-order valence-corrected chi connectivity index (χ4v) is 3.54. The number of rotatable bonds is 7. The van der Waals surface area contributed by atoms with E-state index in [0.29, 0.717) is 0 Å². The van der Waals surface area contributed by atoms with Gasteiger partial charge in [0.05, 0.1) is 13.0 Å². The average molecular weight is 306 g/mol. The van der Waals surface area contributed by atoms with E-state index in [1.807, 2.05) is 0 Å². The van der Waals surface area contributed by atoms with Crippen molar-refractivity contribution in [2.45, 2.75) is 10.6 Å². The third kappa shape index (κ3) is 4.62. The van der Waals surface area contributed by atoms with Crippen LogP contribution in [0.15, 0.2) is 21.7 Å². The van der Waals surface area contributed by atoms with Crippen LogP contribution in [0.25, 0.3) is 0 Å². The predicted molar refractivity (Wildman–Crippen MR) is 69.4 cm³/mol. The van der Waals surface area contributed by atoms with E-state index >= 15 is 0 Å². The molecule has 1 rings (SSSR count). The van der Waals surface area contributed by atoms with Crippen LogP contribution in [0.3, 0.4) is 0 Å². The monoisotopic (exact) mass is 306 g/mol. The van der Waals surface area contributed by atoms with Crippen LogP contribution in [0.5, 0.6) is 0 Å². The lowest BCUT2D eigenvalue weighted by molar-refractivity contribution is -0.136. The average Bonchev–Trinajstić information content (AvgIpc) is 2.82. The molecule has 2 N–H and O–H groups in total. The summed E-state index contributed by atoms with van der Waals surface area (Å²) in [6.07, 6.45) is -0.201. The van der Waals surface area contributed by atoms with Crippen molar-refractivity contribution >= 4 is 33.2 Å². The number of carboxylic acid groups (broad SMARTS) is 1. The molecule has 7 nitrogen and oxygen atoms in total. The van der Waals surface area contributed by atoms with Crippen LogP contribution in [-0.2, 0) is 19.6 Å². The van der Waals surface area contributed by atoms with Gasteiger partial charge in [0.2, 0.25) is 5.91 Å². The number of sulfonamides is 1. The summed E-state index contributed by atoms with van der Waals surface area (Å²) in [5.74, 6) is -1.57. The number of amides is 1. The SMILES string of the molecule is CN(CC(=O)NCCC(=O)O)S(=O)(=O)c1cccs1. The highest BCUT2D eigenvalue weighted by atomic mass is 32.2. The minimum absolute atomic E-state index is 0.0267. The fourth-order valence-electron chi connectivity index (χ4n) is 1.22. The minimum atomic E-state index is -3.66. The summed E-state index contributed by atoms with van der Waals surface area (Å²) in [6, 6.07) is 3.07. The Bertz CT molecular complexity index is 538. The van der Waals surface area contributed by atoms with Gasteiger partial charge in [0.25, 0.3) is 10.0 Å². The van der Waals surface area contributed by atoms with Gasteiger partial charge in [-0.05, 0) is 11.4 Å². The number of nitrogens with one attached hydrogen (secondary N) is 1. The maximum Gasteiger partial charge on any atom is 0.305 e. The van der Waals surface area contributed by atoms with E-state index in [1.54, 1.807) is 11.4 Å². The minimum Gasteiger partial charge on any atom is -0.481 e. The molecule has 0 saturated carbocycles. The van der Waals surface area contributed by atoms with Crippen molar-refractivity contribution in [1.29, 1.82) is 0 Å². The van der Waals surface area contributed by atoms with E-state index in [-0.39, 0.29) is 23.7 Å². The van der Waals surface area contributed by atoms with Crippen LogP contribution in [0, 0.1) is 0 Å². The first kappa shape index (κ1) is 15.6. The highest BCUT2D eigenvalue weighted by molar-refractivity contribution is 7.91. The molecule has 1 aromatic rings. The van der Waals surface area contributed by atoms with Crippen LogP contribution in [-0.4, -0.2) is 49.8 Å². The number of likely N-dealkylation sites (N-methyl/N-ethyl adjacent to an activating group) is 1. The standard InChI is InChI=1S/C10H14N2O5S2/c1-12(7-8(13)11-5-4-9(14)15)19(16,17)10-3-2-6-18-10/h2-3,6H,4-5,7H2,1H3,(H,11,13)(H,14,15). The molecule has 1 heterocycles. The van der Waals surface area contributed by atoms with Gasteiger partial charge in [-0.2, -0.15) is 4.31 Å². The van der Waals surface area contributed by atoms with Gasteiger partial charge in [0, 0.05) is 13.6 Å². The number of thiophene rings is 1. The first-order chi connectivity index (χ1) is 8.84. The molecule has 106 valence electrons. The molecule has 0 fully saturated rings. The number of carbonyl (C=O) groups is 2. The second-order valence-electron chi connectivity index (χ2n) is 3.69. The highest BCUT2D eigenvalue weighted by Crippen LogP contribution is 2.19. The maximum absolute atomic E-state index is 12.0. The Balaban J connectivity index is 2.53. The predicted octanol–water partition coefficient (Wildman–Crippen LogP) is -0.0405. The Morgan fingerprint density at radius 3 is 2.68 bits per heavy atom. The Morgan fingerprint density at radius 1 is 1.47 bits per heavy atom. The van der Waals surface area contributed by atoms with Crippen LogP contribution in [0.1, 0.15) is 6.42 Å². The number of carboxylic acids is 1. The van der Waals surface area contributed by atoms with Crippen LogP contribution >= 0.6 is 11.3 Å². The summed E-state index contributed by atoms with van der Waals surface area (Å²) >= 11 is 1.07. The number of aliphatic carboxylic acids is 1. The van der Waals surface area contributed by atoms with E-state index in [9.17, 15) is 18.0 Å². The lowest BCUT2D eigenvalue weighted by Gasteiger charge is -2.15. The van der Waals surface area contributed by atoms with E-state index in [4.69, 9.17) is 5.11 Å². The smallest absolute Gasteiger partial charge is 0.305 e. The second kappa shape index (κ2) is 6.64. The topological polar surface area (TPSA) is 104 Å². The highest BCUT2D eigenvalue weighted by Gasteiger charge is 2.23. The molecule has 1 amide bonds. The lowest BCUT2D eigenvalue weighted by atomic mass is 10.4. The molecular formula is C10H14N2O5S2. The van der Waals surface area contributed by atoms with Gasteiger partial charge in [-0.3, -0.25) is 9.59 Å². The summed E-state index contributed by atoms with van der Waals surface area (Å²) in [5.41, 5.74) is 0. The van der Waals surface area contributed by atoms with Crippen molar-refractivity contribution in [3.8, 4) is 0 Å². The van der Waals surface area contributed by atoms with Crippen LogP contribution in [0.4, 0.5) is 0 Å². The van der Waals surface area contributed by atoms with Gasteiger partial charge in [-0.25, -0.2) is 8.42 Å². The Hall–Kier alpha value is -1.45. The van der Waals surface area contributed by atoms with E-state index < -0.39 is 21.9 Å². The second-order valence-corrected chi connectivity index (χ2v) is 6.91. The third-order valence-electron chi connectivity index (χ3n) is 2.19. The molecule has 0 saturated heterocycles. The first-order valence-electron chi connectivity index (χ1n) is 5.32. The van der Waals surface area contributed by atoms with Gasteiger partial charge in [0.1, 0.15) is 4.21 Å². The number of hydrogen-bond acceptors (Lipinski definition) is 5. The molecule has 0 aliphatic rings. The number of hydrogen-bond donors (Lipinski definition) is 2. The Labute approximate surface area is 114 Å². The molecule has 0 spiro atoms. The zero-order valence-corrected chi connectivity index (χ0v) is 11.8. The Kier molecular flexibility index (Phi) is 5.45.